The molecule has 3 aromatic rings. The lowest BCUT2D eigenvalue weighted by molar-refractivity contribution is -0.115. The van der Waals surface area contributed by atoms with Crippen LogP contribution in [-0.4, -0.2) is 16.0 Å². The van der Waals surface area contributed by atoms with Gasteiger partial charge in [-0.2, -0.15) is 4.98 Å². The van der Waals surface area contributed by atoms with Crippen molar-refractivity contribution in [1.29, 1.82) is 0 Å². The van der Waals surface area contributed by atoms with Crippen LogP contribution >= 0.6 is 11.3 Å². The zero-order valence-electron chi connectivity index (χ0n) is 12.1. The summed E-state index contributed by atoms with van der Waals surface area (Å²) in [5.74, 6) is 1.09. The van der Waals surface area contributed by atoms with Crippen molar-refractivity contribution in [3.63, 3.8) is 0 Å². The van der Waals surface area contributed by atoms with Crippen molar-refractivity contribution in [2.75, 3.05) is 5.32 Å². The second-order valence-corrected chi connectivity index (χ2v) is 5.78. The molecule has 3 rings (SSSR count). The fourth-order valence-electron chi connectivity index (χ4n) is 2.03. The summed E-state index contributed by atoms with van der Waals surface area (Å²) in [5, 5.41) is 8.80. The first-order valence-corrected chi connectivity index (χ1v) is 7.88. The number of carbonyl (C=O) groups excluding carboxylic acids is 1. The summed E-state index contributed by atoms with van der Waals surface area (Å²) in [4.78, 5) is 17.4. The molecular formula is C16H15N3O2S. The Kier molecular flexibility index (Phi) is 4.29. The van der Waals surface area contributed by atoms with Crippen molar-refractivity contribution in [1.82, 2.24) is 10.1 Å². The van der Waals surface area contributed by atoms with Crippen molar-refractivity contribution in [2.45, 2.75) is 19.8 Å². The number of benzene rings is 1. The van der Waals surface area contributed by atoms with Gasteiger partial charge in [0.1, 0.15) is 0 Å². The van der Waals surface area contributed by atoms with E-state index in [0.717, 1.165) is 16.1 Å². The quantitative estimate of drug-likeness (QED) is 0.782. The van der Waals surface area contributed by atoms with E-state index < -0.39 is 0 Å². The lowest BCUT2D eigenvalue weighted by Crippen LogP contribution is -2.13. The lowest BCUT2D eigenvalue weighted by atomic mass is 10.2. The molecule has 1 N–H and O–H groups in total. The second kappa shape index (κ2) is 6.53. The topological polar surface area (TPSA) is 68.0 Å². The number of hydrogen-bond donors (Lipinski definition) is 1. The molecule has 0 atom stereocenters. The fourth-order valence-corrected chi connectivity index (χ4v) is 2.73. The highest BCUT2D eigenvalue weighted by molar-refractivity contribution is 7.10. The van der Waals surface area contributed by atoms with Gasteiger partial charge in [0.05, 0.1) is 6.42 Å². The van der Waals surface area contributed by atoms with E-state index in [1.807, 2.05) is 48.7 Å². The summed E-state index contributed by atoms with van der Waals surface area (Å²) < 4.78 is 5.11. The Morgan fingerprint density at radius 1 is 1.32 bits per heavy atom. The van der Waals surface area contributed by atoms with Crippen LogP contribution in [0.15, 0.2) is 46.3 Å². The monoisotopic (exact) mass is 313 g/mol. The number of amides is 1. The van der Waals surface area contributed by atoms with Gasteiger partial charge >= 0.3 is 0 Å². The molecule has 0 fully saturated rings. The van der Waals surface area contributed by atoms with Gasteiger partial charge < -0.3 is 9.84 Å². The molecule has 0 saturated carbocycles. The summed E-state index contributed by atoms with van der Waals surface area (Å²) in [7, 11) is 0. The van der Waals surface area contributed by atoms with Crippen LogP contribution in [0.3, 0.4) is 0 Å². The van der Waals surface area contributed by atoms with E-state index in [-0.39, 0.29) is 5.91 Å². The highest BCUT2D eigenvalue weighted by Gasteiger charge is 2.09. The molecule has 6 heteroatoms. The normalized spacial score (nSPS) is 10.6. The summed E-state index contributed by atoms with van der Waals surface area (Å²) >= 11 is 1.57. The van der Waals surface area contributed by atoms with Crippen LogP contribution in [0.2, 0.25) is 0 Å². The molecule has 1 aromatic carbocycles. The van der Waals surface area contributed by atoms with Crippen LogP contribution in [0.5, 0.6) is 0 Å². The molecule has 2 aromatic heterocycles. The average Bonchev–Trinajstić information content (AvgIpc) is 3.18. The Balaban J connectivity index is 1.72. The third-order valence-electron chi connectivity index (χ3n) is 3.09. The maximum absolute atomic E-state index is 12.0. The van der Waals surface area contributed by atoms with E-state index in [4.69, 9.17) is 4.52 Å². The minimum absolute atomic E-state index is 0.0399. The van der Waals surface area contributed by atoms with E-state index in [2.05, 4.69) is 15.5 Å². The molecule has 1 amide bonds. The molecule has 0 bridgehead atoms. The first-order valence-electron chi connectivity index (χ1n) is 7.00. The van der Waals surface area contributed by atoms with Crippen LogP contribution in [0.25, 0.3) is 11.4 Å². The molecule has 0 spiro atoms. The number of nitrogens with zero attached hydrogens (tertiary/aromatic N) is 2. The van der Waals surface area contributed by atoms with Gasteiger partial charge in [-0.05, 0) is 23.6 Å². The molecule has 112 valence electrons. The average molecular weight is 313 g/mol. The molecule has 0 aliphatic carbocycles. The van der Waals surface area contributed by atoms with E-state index in [9.17, 15) is 4.79 Å². The lowest BCUT2D eigenvalue weighted by Gasteiger charge is -2.05. The first kappa shape index (κ1) is 14.5. The third kappa shape index (κ3) is 3.40. The van der Waals surface area contributed by atoms with Gasteiger partial charge in [0.25, 0.3) is 0 Å². The number of nitrogens with one attached hydrogen (secondary N) is 1. The number of aryl methyl sites for hydroxylation is 1. The van der Waals surface area contributed by atoms with Gasteiger partial charge in [-0.25, -0.2) is 0 Å². The number of aromatic nitrogens is 2. The van der Waals surface area contributed by atoms with Gasteiger partial charge in [0.2, 0.25) is 17.6 Å². The van der Waals surface area contributed by atoms with Gasteiger partial charge in [-0.1, -0.05) is 30.3 Å². The van der Waals surface area contributed by atoms with Crippen LogP contribution in [0.4, 0.5) is 5.69 Å². The zero-order valence-corrected chi connectivity index (χ0v) is 12.9. The first-order chi connectivity index (χ1) is 10.7. The fraction of sp³-hybridized carbons (Fsp3) is 0.188. The molecule has 0 unspecified atom stereocenters. The second-order valence-electron chi connectivity index (χ2n) is 4.75. The number of hydrogen-bond acceptors (Lipinski definition) is 5. The van der Waals surface area contributed by atoms with Crippen molar-refractivity contribution in [3.8, 4) is 11.4 Å². The highest BCUT2D eigenvalue weighted by Crippen LogP contribution is 2.20. The Morgan fingerprint density at radius 2 is 2.23 bits per heavy atom. The maximum atomic E-state index is 12.0. The molecular weight excluding hydrogens is 298 g/mol. The van der Waals surface area contributed by atoms with Gasteiger partial charge in [0, 0.05) is 22.5 Å². The standard InChI is InChI=1S/C16H15N3O2S/c1-2-15-18-16(19-21-15)11-5-3-6-12(9-11)17-14(20)10-13-7-4-8-22-13/h3-9H,2,10H2,1H3,(H,17,20). The smallest absolute Gasteiger partial charge is 0.229 e. The number of thiophene rings is 1. The highest BCUT2D eigenvalue weighted by atomic mass is 32.1. The Bertz CT molecular complexity index is 765. The largest absolute Gasteiger partial charge is 0.339 e. The predicted molar refractivity (Wildman–Crippen MR) is 85.8 cm³/mol. The van der Waals surface area contributed by atoms with Crippen molar-refractivity contribution >= 4 is 22.9 Å². The molecule has 2 heterocycles. The SMILES string of the molecule is CCc1nc(-c2cccc(NC(=O)Cc3cccs3)c2)no1. The van der Waals surface area contributed by atoms with Gasteiger partial charge in [-0.15, -0.1) is 11.3 Å². The van der Waals surface area contributed by atoms with Crippen molar-refractivity contribution < 1.29 is 9.32 Å². The zero-order chi connectivity index (χ0) is 15.4. The van der Waals surface area contributed by atoms with Gasteiger partial charge in [-0.3, -0.25) is 4.79 Å². The summed E-state index contributed by atoms with van der Waals surface area (Å²) in [6.07, 6.45) is 1.08. The van der Waals surface area contributed by atoms with Crippen LogP contribution in [0, 0.1) is 0 Å². The van der Waals surface area contributed by atoms with E-state index in [1.165, 1.54) is 0 Å². The number of rotatable bonds is 5. The van der Waals surface area contributed by atoms with E-state index in [0.29, 0.717) is 24.6 Å². The van der Waals surface area contributed by atoms with Crippen LogP contribution < -0.4 is 5.32 Å². The molecule has 0 saturated heterocycles. The molecule has 0 radical (unpaired) electrons. The number of carbonyl (C=O) groups is 1. The summed E-state index contributed by atoms with van der Waals surface area (Å²) in [6, 6.07) is 11.3. The van der Waals surface area contributed by atoms with Crippen molar-refractivity contribution in [3.05, 3.63) is 52.5 Å². The minimum Gasteiger partial charge on any atom is -0.339 e. The van der Waals surface area contributed by atoms with E-state index >= 15 is 0 Å². The Hall–Kier alpha value is -2.47. The van der Waals surface area contributed by atoms with Gasteiger partial charge in [0.15, 0.2) is 0 Å². The Morgan fingerprint density at radius 3 is 2.95 bits per heavy atom. The van der Waals surface area contributed by atoms with Crippen LogP contribution in [-0.2, 0) is 17.6 Å². The predicted octanol–water partition coefficient (Wildman–Crippen LogP) is 3.54. The maximum Gasteiger partial charge on any atom is 0.229 e. The molecule has 22 heavy (non-hydrogen) atoms. The Labute approximate surface area is 132 Å². The molecule has 0 aliphatic rings. The minimum atomic E-state index is -0.0399. The number of anilines is 1. The third-order valence-corrected chi connectivity index (χ3v) is 3.97. The van der Waals surface area contributed by atoms with E-state index in [1.54, 1.807) is 11.3 Å². The molecule has 0 aliphatic heterocycles. The summed E-state index contributed by atoms with van der Waals surface area (Å²) in [6.45, 7) is 1.96. The molecule has 5 nitrogen and oxygen atoms in total. The van der Waals surface area contributed by atoms with Crippen LogP contribution in [0.1, 0.15) is 17.7 Å². The van der Waals surface area contributed by atoms with Crippen molar-refractivity contribution in [2.24, 2.45) is 0 Å². The summed E-state index contributed by atoms with van der Waals surface area (Å²) in [5.41, 5.74) is 1.54.